The minimum absolute atomic E-state index is 0.0686. The normalized spacial score (nSPS) is 17.6. The fraction of sp³-hybridized carbons (Fsp3) is 0.375. The van der Waals surface area contributed by atoms with Gasteiger partial charge in [0.2, 0.25) is 15.9 Å². The Morgan fingerprint density at radius 3 is 2.48 bits per heavy atom. The number of nitrogens with one attached hydrogen (secondary N) is 1. The lowest BCUT2D eigenvalue weighted by Crippen LogP contribution is -2.38. The minimum atomic E-state index is -3.73. The van der Waals surface area contributed by atoms with Crippen LogP contribution in [0.1, 0.15) is 43.2 Å². The van der Waals surface area contributed by atoms with Gasteiger partial charge >= 0.3 is 0 Å². The van der Waals surface area contributed by atoms with Crippen molar-refractivity contribution in [1.82, 2.24) is 4.31 Å². The predicted octanol–water partition coefficient (Wildman–Crippen LogP) is 3.60. The Kier molecular flexibility index (Phi) is 6.62. The second kappa shape index (κ2) is 9.44. The zero-order chi connectivity index (χ0) is 23.6. The number of rotatable bonds is 5. The molecule has 1 fully saturated rings. The summed E-state index contributed by atoms with van der Waals surface area (Å²) in [6.45, 7) is 4.76. The molecule has 0 aliphatic carbocycles. The molecule has 1 saturated heterocycles. The van der Waals surface area contributed by atoms with Crippen molar-refractivity contribution in [3.05, 3.63) is 53.6 Å². The van der Waals surface area contributed by atoms with Crippen molar-refractivity contribution < 1.29 is 18.0 Å². The Hall–Kier alpha value is -3.04. The number of sulfonamides is 1. The van der Waals surface area contributed by atoms with Crippen molar-refractivity contribution in [2.45, 2.75) is 50.8 Å². The Morgan fingerprint density at radius 1 is 1.00 bits per heavy atom. The van der Waals surface area contributed by atoms with Gasteiger partial charge in [-0.3, -0.25) is 9.59 Å². The first-order chi connectivity index (χ1) is 15.8. The molecule has 2 aromatic rings. The zero-order valence-corrected chi connectivity index (χ0v) is 19.7. The van der Waals surface area contributed by atoms with E-state index in [1.54, 1.807) is 18.2 Å². The van der Waals surface area contributed by atoms with E-state index in [0.717, 1.165) is 30.4 Å². The molecule has 33 heavy (non-hydrogen) atoms. The van der Waals surface area contributed by atoms with E-state index in [2.05, 4.69) is 10.4 Å². The molecule has 4 rings (SSSR count). The number of amides is 2. The summed E-state index contributed by atoms with van der Waals surface area (Å²) in [5.41, 5.74) is 2.88. The number of aryl methyl sites for hydroxylation is 2. The van der Waals surface area contributed by atoms with Gasteiger partial charge in [-0.05, 0) is 56.0 Å². The second-order valence-electron chi connectivity index (χ2n) is 8.46. The number of piperidine rings is 1. The SMILES string of the molecule is Cc1ccc(C)c(N2N=C(C(=O)Nc3ccccc3S(=O)(=O)N3CCCCC3)CCC2=O)c1. The van der Waals surface area contributed by atoms with E-state index < -0.39 is 15.9 Å². The monoisotopic (exact) mass is 468 g/mol. The number of anilines is 2. The van der Waals surface area contributed by atoms with Crippen LogP contribution in [0.15, 0.2) is 52.5 Å². The maximum Gasteiger partial charge on any atom is 0.271 e. The van der Waals surface area contributed by atoms with Crippen molar-refractivity contribution in [2.24, 2.45) is 5.10 Å². The standard InChI is InChI=1S/C24H28N4O4S/c1-17-10-11-18(2)21(16-17)28-23(29)13-12-20(26-28)24(30)25-19-8-4-5-9-22(19)33(31,32)27-14-6-3-7-15-27/h4-5,8-11,16H,3,6-7,12-15H2,1-2H3,(H,25,30). The number of hydrogen-bond donors (Lipinski definition) is 1. The van der Waals surface area contributed by atoms with Crippen molar-refractivity contribution >= 4 is 38.9 Å². The maximum atomic E-state index is 13.2. The molecule has 8 nitrogen and oxygen atoms in total. The van der Waals surface area contributed by atoms with E-state index in [1.165, 1.54) is 15.4 Å². The third kappa shape index (κ3) is 4.84. The first-order valence-electron chi connectivity index (χ1n) is 11.2. The third-order valence-corrected chi connectivity index (χ3v) is 7.91. The van der Waals surface area contributed by atoms with Gasteiger partial charge in [0.25, 0.3) is 5.91 Å². The lowest BCUT2D eigenvalue weighted by atomic mass is 10.1. The summed E-state index contributed by atoms with van der Waals surface area (Å²) in [6, 6.07) is 12.1. The second-order valence-corrected chi connectivity index (χ2v) is 10.4. The summed E-state index contributed by atoms with van der Waals surface area (Å²) in [5, 5.41) is 8.34. The van der Waals surface area contributed by atoms with Crippen LogP contribution in [0, 0.1) is 13.8 Å². The average Bonchev–Trinajstić information content (AvgIpc) is 2.82. The van der Waals surface area contributed by atoms with Gasteiger partial charge in [0.15, 0.2) is 0 Å². The van der Waals surface area contributed by atoms with Crippen molar-refractivity contribution in [3.63, 3.8) is 0 Å². The molecule has 0 saturated carbocycles. The molecular formula is C24H28N4O4S. The Balaban J connectivity index is 1.61. The highest BCUT2D eigenvalue weighted by molar-refractivity contribution is 7.89. The third-order valence-electron chi connectivity index (χ3n) is 5.96. The van der Waals surface area contributed by atoms with Gasteiger partial charge in [-0.2, -0.15) is 9.41 Å². The average molecular weight is 469 g/mol. The van der Waals surface area contributed by atoms with Crippen LogP contribution in [0.2, 0.25) is 0 Å². The lowest BCUT2D eigenvalue weighted by Gasteiger charge is -2.27. The van der Waals surface area contributed by atoms with Crippen LogP contribution < -0.4 is 10.3 Å². The Labute approximate surface area is 194 Å². The first-order valence-corrected chi connectivity index (χ1v) is 12.6. The van der Waals surface area contributed by atoms with Gasteiger partial charge in [-0.1, -0.05) is 30.7 Å². The minimum Gasteiger partial charge on any atom is -0.320 e. The van der Waals surface area contributed by atoms with Gasteiger partial charge < -0.3 is 5.32 Å². The number of para-hydroxylation sites is 1. The summed E-state index contributed by atoms with van der Waals surface area (Å²) in [7, 11) is -3.73. The summed E-state index contributed by atoms with van der Waals surface area (Å²) in [5.74, 6) is -0.701. The molecule has 0 bridgehead atoms. The molecule has 0 atom stereocenters. The highest BCUT2D eigenvalue weighted by atomic mass is 32.2. The van der Waals surface area contributed by atoms with Crippen LogP contribution in [0.25, 0.3) is 0 Å². The number of hydrogen-bond acceptors (Lipinski definition) is 5. The van der Waals surface area contributed by atoms with E-state index in [-0.39, 0.29) is 35.0 Å². The number of hydrazone groups is 1. The molecule has 0 aromatic heterocycles. The summed E-state index contributed by atoms with van der Waals surface area (Å²) in [4.78, 5) is 25.7. The lowest BCUT2D eigenvalue weighted by molar-refractivity contribution is -0.118. The fourth-order valence-corrected chi connectivity index (χ4v) is 5.75. The summed E-state index contributed by atoms with van der Waals surface area (Å²) >= 11 is 0. The van der Waals surface area contributed by atoms with Crippen molar-refractivity contribution in [1.29, 1.82) is 0 Å². The number of nitrogens with zero attached hydrogens (tertiary/aromatic N) is 3. The molecule has 174 valence electrons. The van der Waals surface area contributed by atoms with E-state index >= 15 is 0 Å². The summed E-state index contributed by atoms with van der Waals surface area (Å²) < 4.78 is 27.9. The highest BCUT2D eigenvalue weighted by Crippen LogP contribution is 2.28. The van der Waals surface area contributed by atoms with Gasteiger partial charge in [-0.15, -0.1) is 0 Å². The molecule has 2 aliphatic heterocycles. The predicted molar refractivity (Wildman–Crippen MR) is 128 cm³/mol. The maximum absolute atomic E-state index is 13.2. The molecular weight excluding hydrogens is 440 g/mol. The molecule has 2 heterocycles. The molecule has 2 amide bonds. The van der Waals surface area contributed by atoms with Gasteiger partial charge in [0, 0.05) is 25.9 Å². The largest absolute Gasteiger partial charge is 0.320 e. The van der Waals surface area contributed by atoms with Gasteiger partial charge in [0.05, 0.1) is 11.4 Å². The molecule has 1 N–H and O–H groups in total. The molecule has 0 unspecified atom stereocenters. The summed E-state index contributed by atoms with van der Waals surface area (Å²) in [6.07, 6.45) is 3.00. The molecule has 0 radical (unpaired) electrons. The highest BCUT2D eigenvalue weighted by Gasteiger charge is 2.30. The fourth-order valence-electron chi connectivity index (χ4n) is 4.09. The van der Waals surface area contributed by atoms with E-state index in [9.17, 15) is 18.0 Å². The van der Waals surface area contributed by atoms with Crippen LogP contribution in [0.4, 0.5) is 11.4 Å². The molecule has 0 spiro atoms. The van der Waals surface area contributed by atoms with Gasteiger partial charge in [0.1, 0.15) is 10.6 Å². The van der Waals surface area contributed by atoms with Gasteiger partial charge in [-0.25, -0.2) is 13.4 Å². The zero-order valence-electron chi connectivity index (χ0n) is 18.9. The van der Waals surface area contributed by atoms with E-state index in [4.69, 9.17) is 0 Å². The van der Waals surface area contributed by atoms with E-state index in [1.807, 2.05) is 32.0 Å². The quantitative estimate of drug-likeness (QED) is 0.725. The molecule has 9 heteroatoms. The van der Waals surface area contributed by atoms with Crippen molar-refractivity contribution in [2.75, 3.05) is 23.4 Å². The first kappa shape index (κ1) is 23.1. The van der Waals surface area contributed by atoms with Crippen LogP contribution in [-0.4, -0.2) is 43.3 Å². The van der Waals surface area contributed by atoms with Crippen molar-refractivity contribution in [3.8, 4) is 0 Å². The molecule has 2 aromatic carbocycles. The van der Waals surface area contributed by atoms with Crippen LogP contribution >= 0.6 is 0 Å². The number of carbonyl (C=O) groups is 2. The Morgan fingerprint density at radius 2 is 1.73 bits per heavy atom. The van der Waals surface area contributed by atoms with Crippen LogP contribution in [0.3, 0.4) is 0 Å². The topological polar surface area (TPSA) is 99.2 Å². The smallest absolute Gasteiger partial charge is 0.271 e. The number of benzene rings is 2. The Bertz CT molecular complexity index is 1220. The molecule has 2 aliphatic rings. The van der Waals surface area contributed by atoms with Crippen LogP contribution in [0.5, 0.6) is 0 Å². The number of carbonyl (C=O) groups excluding carboxylic acids is 2. The van der Waals surface area contributed by atoms with Crippen LogP contribution in [-0.2, 0) is 19.6 Å². The van der Waals surface area contributed by atoms with E-state index in [0.29, 0.717) is 18.8 Å².